The lowest BCUT2D eigenvalue weighted by Gasteiger charge is -2.33. The molecular formula is C28H28N2O5. The van der Waals surface area contributed by atoms with Crippen molar-refractivity contribution in [3.05, 3.63) is 107 Å². The zero-order valence-corrected chi connectivity index (χ0v) is 20.0. The Labute approximate surface area is 204 Å². The van der Waals surface area contributed by atoms with Gasteiger partial charge in [-0.1, -0.05) is 66.7 Å². The van der Waals surface area contributed by atoms with Crippen LogP contribution in [0, 0.1) is 0 Å². The van der Waals surface area contributed by atoms with Crippen LogP contribution in [0.15, 0.2) is 90.1 Å². The van der Waals surface area contributed by atoms with Gasteiger partial charge in [-0.15, -0.1) is 0 Å². The standard InChI is InChI=1S/C28H28N2O5/c1-19-25(27(31)33-3)26(29-28(32)30(19)2)22-14-15-23(34-17-20-10-6-4-7-11-20)24(16-22)35-18-21-12-8-5-9-13-21/h4-16,26H,17-18H2,1-3H3,(H,29,32). The maximum absolute atomic E-state index is 12.6. The number of methoxy groups -OCH3 is 1. The van der Waals surface area contributed by atoms with Gasteiger partial charge >= 0.3 is 12.0 Å². The summed E-state index contributed by atoms with van der Waals surface area (Å²) in [4.78, 5) is 26.6. The molecule has 7 nitrogen and oxygen atoms in total. The van der Waals surface area contributed by atoms with E-state index in [0.29, 0.717) is 41.5 Å². The molecule has 1 unspecified atom stereocenters. The molecule has 0 aromatic heterocycles. The van der Waals surface area contributed by atoms with Gasteiger partial charge in [0.05, 0.1) is 18.7 Å². The summed E-state index contributed by atoms with van der Waals surface area (Å²) in [5.74, 6) is 0.570. The average molecular weight is 473 g/mol. The van der Waals surface area contributed by atoms with Crippen LogP contribution in [0.2, 0.25) is 0 Å². The second kappa shape index (κ2) is 10.8. The lowest BCUT2D eigenvalue weighted by Crippen LogP contribution is -2.46. The number of rotatable bonds is 8. The van der Waals surface area contributed by atoms with Crippen LogP contribution in [0.5, 0.6) is 11.5 Å². The number of ether oxygens (including phenoxy) is 3. The summed E-state index contributed by atoms with van der Waals surface area (Å²) in [6.07, 6.45) is 0. The van der Waals surface area contributed by atoms with E-state index in [0.717, 1.165) is 11.1 Å². The number of esters is 1. The van der Waals surface area contributed by atoms with E-state index in [1.54, 1.807) is 26.1 Å². The molecule has 7 heteroatoms. The monoisotopic (exact) mass is 472 g/mol. The molecule has 3 aromatic rings. The summed E-state index contributed by atoms with van der Waals surface area (Å²) in [7, 11) is 2.93. The van der Waals surface area contributed by atoms with Gasteiger partial charge in [-0.2, -0.15) is 0 Å². The van der Waals surface area contributed by atoms with E-state index in [1.165, 1.54) is 12.0 Å². The van der Waals surface area contributed by atoms with Crippen molar-refractivity contribution in [1.82, 2.24) is 10.2 Å². The summed E-state index contributed by atoms with van der Waals surface area (Å²) in [6, 6.07) is 24.1. The summed E-state index contributed by atoms with van der Waals surface area (Å²) in [5.41, 5.74) is 3.61. The molecule has 180 valence electrons. The maximum atomic E-state index is 12.6. The number of benzene rings is 3. The number of urea groups is 1. The van der Waals surface area contributed by atoms with E-state index >= 15 is 0 Å². The van der Waals surface area contributed by atoms with Gasteiger partial charge in [-0.25, -0.2) is 9.59 Å². The molecule has 1 aliphatic heterocycles. The molecule has 2 amide bonds. The predicted molar refractivity (Wildman–Crippen MR) is 132 cm³/mol. The highest BCUT2D eigenvalue weighted by molar-refractivity contribution is 5.94. The van der Waals surface area contributed by atoms with E-state index in [4.69, 9.17) is 14.2 Å². The molecule has 4 rings (SSSR count). The quantitative estimate of drug-likeness (QED) is 0.468. The second-order valence-electron chi connectivity index (χ2n) is 8.19. The first-order valence-corrected chi connectivity index (χ1v) is 11.3. The van der Waals surface area contributed by atoms with Crippen molar-refractivity contribution >= 4 is 12.0 Å². The minimum absolute atomic E-state index is 0.309. The van der Waals surface area contributed by atoms with Crippen LogP contribution >= 0.6 is 0 Å². The SMILES string of the molecule is COC(=O)C1=C(C)N(C)C(=O)NC1c1ccc(OCc2ccccc2)c(OCc2ccccc2)c1. The molecule has 0 aliphatic carbocycles. The Hall–Kier alpha value is -4.26. The molecule has 0 fully saturated rings. The number of nitrogens with zero attached hydrogens (tertiary/aromatic N) is 1. The third-order valence-corrected chi connectivity index (χ3v) is 5.93. The Kier molecular flexibility index (Phi) is 7.35. The maximum Gasteiger partial charge on any atom is 0.337 e. The molecule has 1 atom stereocenters. The van der Waals surface area contributed by atoms with Crippen LogP contribution in [0.25, 0.3) is 0 Å². The Morgan fingerprint density at radius 2 is 1.46 bits per heavy atom. The second-order valence-corrected chi connectivity index (χ2v) is 8.19. The van der Waals surface area contributed by atoms with Gasteiger partial charge in [-0.05, 0) is 35.7 Å². The third kappa shape index (κ3) is 5.46. The average Bonchev–Trinajstić information content (AvgIpc) is 2.90. The van der Waals surface area contributed by atoms with Crippen molar-refractivity contribution in [1.29, 1.82) is 0 Å². The fourth-order valence-corrected chi connectivity index (χ4v) is 3.87. The van der Waals surface area contributed by atoms with Gasteiger partial charge < -0.3 is 24.4 Å². The van der Waals surface area contributed by atoms with E-state index in [9.17, 15) is 9.59 Å². The first-order chi connectivity index (χ1) is 17.0. The molecule has 3 aromatic carbocycles. The highest BCUT2D eigenvalue weighted by Crippen LogP contribution is 2.36. The number of carbonyl (C=O) groups is 2. The van der Waals surface area contributed by atoms with Crippen LogP contribution in [0.3, 0.4) is 0 Å². The smallest absolute Gasteiger partial charge is 0.337 e. The largest absolute Gasteiger partial charge is 0.485 e. The molecule has 1 heterocycles. The fourth-order valence-electron chi connectivity index (χ4n) is 3.87. The Balaban J connectivity index is 1.68. The highest BCUT2D eigenvalue weighted by atomic mass is 16.5. The summed E-state index contributed by atoms with van der Waals surface area (Å²) >= 11 is 0. The van der Waals surface area contributed by atoms with Gasteiger partial charge in [0.25, 0.3) is 0 Å². The number of amides is 2. The van der Waals surface area contributed by atoms with Crippen LogP contribution in [0.4, 0.5) is 4.79 Å². The van der Waals surface area contributed by atoms with Crippen molar-refractivity contribution in [3.8, 4) is 11.5 Å². The van der Waals surface area contributed by atoms with E-state index < -0.39 is 12.0 Å². The van der Waals surface area contributed by atoms with Gasteiger partial charge in [0.1, 0.15) is 13.2 Å². The number of hydrogen-bond acceptors (Lipinski definition) is 5. The molecule has 35 heavy (non-hydrogen) atoms. The van der Waals surface area contributed by atoms with E-state index in [2.05, 4.69) is 5.32 Å². The zero-order valence-electron chi connectivity index (χ0n) is 20.0. The van der Waals surface area contributed by atoms with Crippen molar-refractivity contribution in [2.45, 2.75) is 26.2 Å². The Bertz CT molecular complexity index is 1220. The van der Waals surface area contributed by atoms with E-state index in [1.807, 2.05) is 66.7 Å². The van der Waals surface area contributed by atoms with Gasteiger partial charge in [0.2, 0.25) is 0 Å². The Morgan fingerprint density at radius 3 is 2.03 bits per heavy atom. The van der Waals surface area contributed by atoms with Crippen LogP contribution in [0.1, 0.15) is 29.7 Å². The fraction of sp³-hybridized carbons (Fsp3) is 0.214. The van der Waals surface area contributed by atoms with Crippen LogP contribution < -0.4 is 14.8 Å². The van der Waals surface area contributed by atoms with Gasteiger partial charge in [-0.3, -0.25) is 0 Å². The lowest BCUT2D eigenvalue weighted by atomic mass is 9.94. The molecule has 1 aliphatic rings. The van der Waals surface area contributed by atoms with Crippen LogP contribution in [-0.2, 0) is 22.7 Å². The number of hydrogen-bond donors (Lipinski definition) is 1. The first kappa shape index (κ1) is 23.9. The molecule has 1 N–H and O–H groups in total. The Morgan fingerprint density at radius 1 is 0.886 bits per heavy atom. The molecule has 0 saturated heterocycles. The summed E-state index contributed by atoms with van der Waals surface area (Å²) < 4.78 is 17.3. The molecular weight excluding hydrogens is 444 g/mol. The summed E-state index contributed by atoms with van der Waals surface area (Å²) in [5, 5.41) is 2.89. The van der Waals surface area contributed by atoms with Crippen LogP contribution in [-0.4, -0.2) is 31.1 Å². The number of carbonyl (C=O) groups excluding carboxylic acids is 2. The van der Waals surface area contributed by atoms with Crippen molar-refractivity contribution in [2.75, 3.05) is 14.2 Å². The zero-order chi connectivity index (χ0) is 24.8. The lowest BCUT2D eigenvalue weighted by molar-refractivity contribution is -0.136. The first-order valence-electron chi connectivity index (χ1n) is 11.3. The summed E-state index contributed by atoms with van der Waals surface area (Å²) in [6.45, 7) is 2.44. The molecule has 0 saturated carbocycles. The van der Waals surface area contributed by atoms with Crippen molar-refractivity contribution < 1.29 is 23.8 Å². The molecule has 0 spiro atoms. The minimum atomic E-state index is -0.687. The highest BCUT2D eigenvalue weighted by Gasteiger charge is 2.35. The van der Waals surface area contributed by atoms with Crippen molar-refractivity contribution in [3.63, 3.8) is 0 Å². The number of nitrogens with one attached hydrogen (secondary N) is 1. The molecule has 0 radical (unpaired) electrons. The van der Waals surface area contributed by atoms with E-state index in [-0.39, 0.29) is 6.03 Å². The minimum Gasteiger partial charge on any atom is -0.485 e. The van der Waals surface area contributed by atoms with Gasteiger partial charge in [0.15, 0.2) is 11.5 Å². The predicted octanol–water partition coefficient (Wildman–Crippen LogP) is 4.99. The third-order valence-electron chi connectivity index (χ3n) is 5.93. The number of allylic oxidation sites excluding steroid dienone is 1. The topological polar surface area (TPSA) is 77.1 Å². The van der Waals surface area contributed by atoms with Crippen molar-refractivity contribution in [2.24, 2.45) is 0 Å². The van der Waals surface area contributed by atoms with Gasteiger partial charge in [0, 0.05) is 12.7 Å². The normalized spacial score (nSPS) is 15.5. The molecule has 0 bridgehead atoms.